The summed E-state index contributed by atoms with van der Waals surface area (Å²) in [5, 5.41) is 9.19. The van der Waals surface area contributed by atoms with Crippen LogP contribution in [0, 0.1) is 18.3 Å². The molecule has 1 amide bonds. The van der Waals surface area contributed by atoms with E-state index in [9.17, 15) is 10.1 Å². The summed E-state index contributed by atoms with van der Waals surface area (Å²) in [4.78, 5) is 16.6. The molecule has 5 heteroatoms. The molecule has 1 saturated heterocycles. The molecule has 0 unspecified atom stereocenters. The number of rotatable bonds is 2. The first-order chi connectivity index (χ1) is 9.86. The van der Waals surface area contributed by atoms with Gasteiger partial charge in [-0.25, -0.2) is 0 Å². The van der Waals surface area contributed by atoms with Crippen molar-refractivity contribution in [3.8, 4) is 6.07 Å². The Bertz CT molecular complexity index is 584. The molecule has 0 spiro atoms. The van der Waals surface area contributed by atoms with Crippen LogP contribution in [-0.2, 0) is 0 Å². The molecule has 0 saturated carbocycles. The fourth-order valence-electron chi connectivity index (χ4n) is 2.52. The third kappa shape index (κ3) is 3.28. The van der Waals surface area contributed by atoms with Crippen LogP contribution in [0.5, 0.6) is 0 Å². The summed E-state index contributed by atoms with van der Waals surface area (Å²) in [6, 6.07) is 8.06. The predicted octanol–water partition coefficient (Wildman–Crippen LogP) is 2.82. The van der Waals surface area contributed by atoms with Crippen molar-refractivity contribution < 1.29 is 4.79 Å². The van der Waals surface area contributed by atoms with Gasteiger partial charge < -0.3 is 4.90 Å². The number of hydrogen-bond acceptors (Lipinski definition) is 3. The lowest BCUT2D eigenvalue weighted by Gasteiger charge is -2.40. The number of halogens is 1. The Balaban J connectivity index is 2.08. The molecule has 4 nitrogen and oxygen atoms in total. The van der Waals surface area contributed by atoms with Gasteiger partial charge in [0.2, 0.25) is 0 Å². The molecule has 21 heavy (non-hydrogen) atoms. The molecule has 1 aromatic rings. The Labute approximate surface area is 134 Å². The Morgan fingerprint density at radius 3 is 2.48 bits per heavy atom. The fraction of sp³-hybridized carbons (Fsp3) is 0.500. The van der Waals surface area contributed by atoms with E-state index in [-0.39, 0.29) is 5.91 Å². The van der Waals surface area contributed by atoms with Gasteiger partial charge in [0.15, 0.2) is 0 Å². The van der Waals surface area contributed by atoms with Gasteiger partial charge in [0.25, 0.3) is 5.91 Å². The molecule has 1 aliphatic rings. The third-order valence-corrected chi connectivity index (χ3v) is 5.11. The quantitative estimate of drug-likeness (QED) is 0.824. The van der Waals surface area contributed by atoms with Gasteiger partial charge in [0.05, 0.1) is 11.6 Å². The highest BCUT2D eigenvalue weighted by Crippen LogP contribution is 2.24. The van der Waals surface area contributed by atoms with Crippen LogP contribution in [0.15, 0.2) is 22.7 Å². The van der Waals surface area contributed by atoms with E-state index >= 15 is 0 Å². The Morgan fingerprint density at radius 1 is 1.29 bits per heavy atom. The van der Waals surface area contributed by atoms with E-state index in [4.69, 9.17) is 0 Å². The van der Waals surface area contributed by atoms with E-state index in [1.54, 1.807) is 0 Å². The van der Waals surface area contributed by atoms with Gasteiger partial charge in [0.1, 0.15) is 5.54 Å². The highest BCUT2D eigenvalue weighted by molar-refractivity contribution is 9.10. The number of nitrogens with zero attached hydrogens (tertiary/aromatic N) is 3. The molecule has 1 heterocycles. The van der Waals surface area contributed by atoms with Gasteiger partial charge in [-0.05, 0) is 48.3 Å². The fourth-order valence-corrected chi connectivity index (χ4v) is 2.96. The van der Waals surface area contributed by atoms with Crippen molar-refractivity contribution in [3.63, 3.8) is 0 Å². The van der Waals surface area contributed by atoms with E-state index in [1.165, 1.54) is 0 Å². The van der Waals surface area contributed by atoms with E-state index in [0.717, 1.165) is 23.1 Å². The summed E-state index contributed by atoms with van der Waals surface area (Å²) >= 11 is 3.50. The summed E-state index contributed by atoms with van der Waals surface area (Å²) in [5.74, 6) is 0.0555. The van der Waals surface area contributed by atoms with Crippen molar-refractivity contribution in [1.82, 2.24) is 9.80 Å². The second-order valence-corrected chi connectivity index (χ2v) is 6.68. The lowest BCUT2D eigenvalue weighted by Crippen LogP contribution is -2.55. The molecule has 0 radical (unpaired) electrons. The van der Waals surface area contributed by atoms with Crippen LogP contribution in [0.25, 0.3) is 0 Å². The lowest BCUT2D eigenvalue weighted by atomic mass is 10.0. The minimum atomic E-state index is -0.473. The molecule has 1 fully saturated rings. The van der Waals surface area contributed by atoms with E-state index < -0.39 is 5.54 Å². The Kier molecular flexibility index (Phi) is 4.70. The van der Waals surface area contributed by atoms with Crippen molar-refractivity contribution in [2.45, 2.75) is 26.3 Å². The Morgan fingerprint density at radius 2 is 1.90 bits per heavy atom. The monoisotopic (exact) mass is 349 g/mol. The van der Waals surface area contributed by atoms with Crippen LogP contribution in [0.1, 0.15) is 29.8 Å². The predicted molar refractivity (Wildman–Crippen MR) is 86.0 cm³/mol. The van der Waals surface area contributed by atoms with E-state index in [0.29, 0.717) is 18.7 Å². The summed E-state index contributed by atoms with van der Waals surface area (Å²) in [6.07, 6.45) is 0. The average molecular weight is 350 g/mol. The maximum atomic E-state index is 12.6. The first-order valence-corrected chi connectivity index (χ1v) is 7.87. The highest BCUT2D eigenvalue weighted by Gasteiger charge is 2.31. The summed E-state index contributed by atoms with van der Waals surface area (Å²) < 4.78 is 0.870. The zero-order valence-corrected chi connectivity index (χ0v) is 14.3. The smallest absolute Gasteiger partial charge is 0.255 e. The minimum Gasteiger partial charge on any atom is -0.336 e. The highest BCUT2D eigenvalue weighted by atomic mass is 79.9. The van der Waals surface area contributed by atoms with Gasteiger partial charge in [-0.3, -0.25) is 9.69 Å². The number of nitriles is 1. The molecule has 0 bridgehead atoms. The zero-order valence-electron chi connectivity index (χ0n) is 12.7. The number of hydrogen-bond donors (Lipinski definition) is 0. The number of aryl methyl sites for hydroxylation is 1. The second-order valence-electron chi connectivity index (χ2n) is 5.89. The average Bonchev–Trinajstić information content (AvgIpc) is 2.49. The van der Waals surface area contributed by atoms with Crippen LogP contribution in [0.2, 0.25) is 0 Å². The first kappa shape index (κ1) is 16.0. The van der Waals surface area contributed by atoms with Gasteiger partial charge in [-0.15, -0.1) is 0 Å². The normalized spacial score (nSPS) is 16.6. The summed E-state index contributed by atoms with van der Waals surface area (Å²) in [6.45, 7) is 8.59. The van der Waals surface area contributed by atoms with Crippen molar-refractivity contribution in [1.29, 1.82) is 5.26 Å². The molecule has 2 rings (SSSR count). The minimum absolute atomic E-state index is 0.0555. The third-order valence-electron chi connectivity index (χ3n) is 4.05. The lowest BCUT2D eigenvalue weighted by molar-refractivity contribution is 0.0520. The summed E-state index contributed by atoms with van der Waals surface area (Å²) in [7, 11) is 0. The number of carbonyl (C=O) groups excluding carboxylic acids is 1. The van der Waals surface area contributed by atoms with Crippen molar-refractivity contribution in [2.75, 3.05) is 26.2 Å². The van der Waals surface area contributed by atoms with Crippen LogP contribution in [0.4, 0.5) is 0 Å². The standard InChI is InChI=1S/C16H20BrN3O/c1-12-5-4-6-13(14(12)17)15(21)19-7-9-20(10-8-19)16(2,3)11-18/h4-6H,7-10H2,1-3H3. The number of carbonyl (C=O) groups is 1. The first-order valence-electron chi connectivity index (χ1n) is 7.07. The summed E-state index contributed by atoms with van der Waals surface area (Å²) in [5.41, 5.74) is 1.30. The van der Waals surface area contributed by atoms with Crippen molar-refractivity contribution in [2.24, 2.45) is 0 Å². The van der Waals surface area contributed by atoms with Crippen molar-refractivity contribution >= 4 is 21.8 Å². The molecule has 1 aliphatic heterocycles. The molecule has 0 aliphatic carbocycles. The van der Waals surface area contributed by atoms with Gasteiger partial charge in [0, 0.05) is 30.7 Å². The molecular formula is C16H20BrN3O. The number of piperazine rings is 1. The van der Waals surface area contributed by atoms with Crippen LogP contribution < -0.4 is 0 Å². The Hall–Kier alpha value is -1.38. The van der Waals surface area contributed by atoms with Crippen LogP contribution in [-0.4, -0.2) is 47.4 Å². The molecule has 0 atom stereocenters. The topological polar surface area (TPSA) is 47.3 Å². The van der Waals surface area contributed by atoms with Crippen LogP contribution in [0.3, 0.4) is 0 Å². The van der Waals surface area contributed by atoms with Crippen molar-refractivity contribution in [3.05, 3.63) is 33.8 Å². The molecule has 0 N–H and O–H groups in total. The van der Waals surface area contributed by atoms with E-state index in [2.05, 4.69) is 26.9 Å². The maximum absolute atomic E-state index is 12.6. The molecule has 1 aromatic carbocycles. The zero-order chi connectivity index (χ0) is 15.6. The number of benzene rings is 1. The second kappa shape index (κ2) is 6.17. The maximum Gasteiger partial charge on any atom is 0.255 e. The molecule has 0 aromatic heterocycles. The van der Waals surface area contributed by atoms with E-state index in [1.807, 2.05) is 43.9 Å². The van der Waals surface area contributed by atoms with Crippen LogP contribution >= 0.6 is 15.9 Å². The largest absolute Gasteiger partial charge is 0.336 e. The van der Waals surface area contributed by atoms with Gasteiger partial charge in [-0.2, -0.15) is 5.26 Å². The molecule has 112 valence electrons. The van der Waals surface area contributed by atoms with Gasteiger partial charge >= 0.3 is 0 Å². The SMILES string of the molecule is Cc1cccc(C(=O)N2CCN(C(C)(C)C#N)CC2)c1Br. The van der Waals surface area contributed by atoms with Gasteiger partial charge in [-0.1, -0.05) is 12.1 Å². The molecular weight excluding hydrogens is 330 g/mol. The number of amides is 1.